The Hall–Kier alpha value is -0.610. The zero-order chi connectivity index (χ0) is 13.1. The number of nitrogens with zero attached hydrogens (tertiary/aromatic N) is 2. The average Bonchev–Trinajstić information content (AvgIpc) is 2.34. The number of carbonyl (C=O) groups is 1. The Labute approximate surface area is 110 Å². The van der Waals surface area contributed by atoms with Crippen molar-refractivity contribution in [2.24, 2.45) is 17.6 Å². The third-order valence-corrected chi connectivity index (χ3v) is 4.47. The summed E-state index contributed by atoms with van der Waals surface area (Å²) in [5.41, 5.74) is 6.08. The SMILES string of the molecule is CC1CCCN(C(=O)CN2CCC(C)C(N)C2)C1. The molecular formula is C14H27N3O. The van der Waals surface area contributed by atoms with E-state index in [4.69, 9.17) is 5.73 Å². The summed E-state index contributed by atoms with van der Waals surface area (Å²) in [6, 6.07) is 0.229. The zero-order valence-electron chi connectivity index (χ0n) is 11.8. The van der Waals surface area contributed by atoms with Gasteiger partial charge in [0.25, 0.3) is 0 Å². The third kappa shape index (κ3) is 3.45. The van der Waals surface area contributed by atoms with E-state index < -0.39 is 0 Å². The molecule has 0 spiro atoms. The molecule has 2 heterocycles. The molecule has 2 saturated heterocycles. The van der Waals surface area contributed by atoms with Crippen molar-refractivity contribution in [1.82, 2.24) is 9.80 Å². The standard InChI is InChI=1S/C14H27N3O/c1-11-4-3-6-17(8-11)14(18)10-16-7-5-12(2)13(15)9-16/h11-13H,3-10,15H2,1-2H3. The van der Waals surface area contributed by atoms with E-state index in [9.17, 15) is 4.79 Å². The van der Waals surface area contributed by atoms with Crippen LogP contribution in [0.1, 0.15) is 33.1 Å². The number of rotatable bonds is 2. The van der Waals surface area contributed by atoms with Crippen LogP contribution in [-0.2, 0) is 4.79 Å². The topological polar surface area (TPSA) is 49.6 Å². The van der Waals surface area contributed by atoms with Gasteiger partial charge in [-0.15, -0.1) is 0 Å². The molecule has 2 aliphatic heterocycles. The summed E-state index contributed by atoms with van der Waals surface area (Å²) in [6.07, 6.45) is 3.53. The van der Waals surface area contributed by atoms with Gasteiger partial charge in [-0.05, 0) is 37.6 Å². The molecule has 0 aromatic carbocycles. The number of nitrogens with two attached hydrogens (primary N) is 1. The predicted molar refractivity (Wildman–Crippen MR) is 73.2 cm³/mol. The van der Waals surface area contributed by atoms with E-state index in [2.05, 4.69) is 18.7 Å². The Morgan fingerprint density at radius 3 is 2.67 bits per heavy atom. The van der Waals surface area contributed by atoms with Crippen molar-refractivity contribution in [3.8, 4) is 0 Å². The van der Waals surface area contributed by atoms with Crippen LogP contribution in [0.3, 0.4) is 0 Å². The lowest BCUT2D eigenvalue weighted by atomic mass is 9.94. The van der Waals surface area contributed by atoms with Gasteiger partial charge in [0.1, 0.15) is 0 Å². The van der Waals surface area contributed by atoms with Gasteiger partial charge >= 0.3 is 0 Å². The largest absolute Gasteiger partial charge is 0.341 e. The van der Waals surface area contributed by atoms with Crippen molar-refractivity contribution in [1.29, 1.82) is 0 Å². The molecule has 0 aliphatic carbocycles. The lowest BCUT2D eigenvalue weighted by Crippen LogP contribution is -2.51. The highest BCUT2D eigenvalue weighted by Gasteiger charge is 2.27. The molecule has 2 aliphatic rings. The first-order valence-electron chi connectivity index (χ1n) is 7.32. The van der Waals surface area contributed by atoms with Gasteiger partial charge in [-0.1, -0.05) is 13.8 Å². The second-order valence-electron chi connectivity index (χ2n) is 6.25. The van der Waals surface area contributed by atoms with E-state index in [1.165, 1.54) is 6.42 Å². The van der Waals surface area contributed by atoms with E-state index in [0.29, 0.717) is 24.3 Å². The quantitative estimate of drug-likeness (QED) is 0.796. The first-order chi connectivity index (χ1) is 8.56. The Kier molecular flexibility index (Phi) is 4.62. The van der Waals surface area contributed by atoms with E-state index in [1.54, 1.807) is 0 Å². The molecule has 2 N–H and O–H groups in total. The summed E-state index contributed by atoms with van der Waals surface area (Å²) in [5.74, 6) is 1.54. The molecule has 3 atom stereocenters. The highest BCUT2D eigenvalue weighted by molar-refractivity contribution is 5.78. The van der Waals surface area contributed by atoms with Crippen molar-refractivity contribution in [3.63, 3.8) is 0 Å². The second kappa shape index (κ2) is 6.02. The van der Waals surface area contributed by atoms with Gasteiger partial charge in [0.15, 0.2) is 0 Å². The van der Waals surface area contributed by atoms with Crippen LogP contribution in [0.4, 0.5) is 0 Å². The predicted octanol–water partition coefficient (Wildman–Crippen LogP) is 0.914. The molecule has 3 unspecified atom stereocenters. The molecule has 0 saturated carbocycles. The first kappa shape index (κ1) is 13.8. The molecule has 4 heteroatoms. The van der Waals surface area contributed by atoms with Crippen LogP contribution in [-0.4, -0.2) is 54.5 Å². The minimum atomic E-state index is 0.229. The second-order valence-corrected chi connectivity index (χ2v) is 6.25. The lowest BCUT2D eigenvalue weighted by molar-refractivity contribution is -0.134. The summed E-state index contributed by atoms with van der Waals surface area (Å²) in [7, 11) is 0. The Balaban J connectivity index is 1.80. The lowest BCUT2D eigenvalue weighted by Gasteiger charge is -2.37. The van der Waals surface area contributed by atoms with E-state index >= 15 is 0 Å². The molecule has 0 bridgehead atoms. The minimum absolute atomic E-state index is 0.229. The molecule has 104 valence electrons. The van der Waals surface area contributed by atoms with Crippen molar-refractivity contribution < 1.29 is 4.79 Å². The van der Waals surface area contributed by atoms with E-state index in [1.807, 2.05) is 4.90 Å². The monoisotopic (exact) mass is 253 g/mol. The van der Waals surface area contributed by atoms with Crippen molar-refractivity contribution >= 4 is 5.91 Å². The van der Waals surface area contributed by atoms with Gasteiger partial charge in [0.05, 0.1) is 6.54 Å². The Bertz CT molecular complexity index is 295. The molecular weight excluding hydrogens is 226 g/mol. The summed E-state index contributed by atoms with van der Waals surface area (Å²) >= 11 is 0. The molecule has 0 aromatic rings. The Morgan fingerprint density at radius 1 is 1.22 bits per heavy atom. The van der Waals surface area contributed by atoms with Gasteiger partial charge in [-0.25, -0.2) is 0 Å². The van der Waals surface area contributed by atoms with E-state index in [-0.39, 0.29) is 6.04 Å². The maximum absolute atomic E-state index is 12.2. The van der Waals surface area contributed by atoms with Gasteiger partial charge in [0.2, 0.25) is 5.91 Å². The number of hydrogen-bond donors (Lipinski definition) is 1. The third-order valence-electron chi connectivity index (χ3n) is 4.47. The fourth-order valence-corrected chi connectivity index (χ4v) is 3.02. The van der Waals surface area contributed by atoms with Gasteiger partial charge < -0.3 is 10.6 Å². The summed E-state index contributed by atoms with van der Waals surface area (Å²) < 4.78 is 0. The first-order valence-corrected chi connectivity index (χ1v) is 7.32. The van der Waals surface area contributed by atoms with Crippen LogP contribution < -0.4 is 5.73 Å². The van der Waals surface area contributed by atoms with Crippen molar-refractivity contribution in [2.45, 2.75) is 39.2 Å². The van der Waals surface area contributed by atoms with Crippen LogP contribution >= 0.6 is 0 Å². The Morgan fingerprint density at radius 2 is 2.00 bits per heavy atom. The molecule has 4 nitrogen and oxygen atoms in total. The van der Waals surface area contributed by atoms with Gasteiger partial charge in [0, 0.05) is 25.7 Å². The fraction of sp³-hybridized carbons (Fsp3) is 0.929. The van der Waals surface area contributed by atoms with Crippen LogP contribution in [0.15, 0.2) is 0 Å². The van der Waals surface area contributed by atoms with Crippen LogP contribution in [0.25, 0.3) is 0 Å². The minimum Gasteiger partial charge on any atom is -0.341 e. The molecule has 2 rings (SSSR count). The summed E-state index contributed by atoms with van der Waals surface area (Å²) in [5, 5.41) is 0. The maximum Gasteiger partial charge on any atom is 0.236 e. The molecule has 0 radical (unpaired) electrons. The van der Waals surface area contributed by atoms with Crippen LogP contribution in [0.2, 0.25) is 0 Å². The zero-order valence-corrected chi connectivity index (χ0v) is 11.8. The van der Waals surface area contributed by atoms with Crippen LogP contribution in [0, 0.1) is 11.8 Å². The summed E-state index contributed by atoms with van der Waals surface area (Å²) in [4.78, 5) is 16.5. The van der Waals surface area contributed by atoms with E-state index in [0.717, 1.165) is 39.0 Å². The molecule has 0 aromatic heterocycles. The smallest absolute Gasteiger partial charge is 0.236 e. The van der Waals surface area contributed by atoms with Crippen molar-refractivity contribution in [3.05, 3.63) is 0 Å². The highest BCUT2D eigenvalue weighted by atomic mass is 16.2. The van der Waals surface area contributed by atoms with Crippen LogP contribution in [0.5, 0.6) is 0 Å². The molecule has 18 heavy (non-hydrogen) atoms. The normalized spacial score (nSPS) is 34.6. The number of amides is 1. The average molecular weight is 253 g/mol. The number of likely N-dealkylation sites (tertiary alicyclic amines) is 2. The number of hydrogen-bond acceptors (Lipinski definition) is 3. The number of carbonyl (C=O) groups excluding carboxylic acids is 1. The van der Waals surface area contributed by atoms with Crippen molar-refractivity contribution in [2.75, 3.05) is 32.7 Å². The summed E-state index contributed by atoms with van der Waals surface area (Å²) in [6.45, 7) is 8.77. The van der Waals surface area contributed by atoms with Gasteiger partial charge in [-0.3, -0.25) is 9.69 Å². The highest BCUT2D eigenvalue weighted by Crippen LogP contribution is 2.18. The maximum atomic E-state index is 12.2. The number of piperidine rings is 2. The molecule has 1 amide bonds. The molecule has 2 fully saturated rings. The fourth-order valence-electron chi connectivity index (χ4n) is 3.02. The van der Waals surface area contributed by atoms with Gasteiger partial charge in [-0.2, -0.15) is 0 Å².